The van der Waals surface area contributed by atoms with Gasteiger partial charge in [0.25, 0.3) is 0 Å². The minimum absolute atomic E-state index is 0.180. The Bertz CT molecular complexity index is 949. The maximum absolute atomic E-state index is 6.43. The Hall–Kier alpha value is -2.11. The van der Waals surface area contributed by atoms with Gasteiger partial charge in [0.05, 0.1) is 22.2 Å². The van der Waals surface area contributed by atoms with Crippen molar-refractivity contribution in [2.45, 2.75) is 57.6 Å². The van der Waals surface area contributed by atoms with E-state index >= 15 is 0 Å². The first-order valence-corrected chi connectivity index (χ1v) is 10.1. The van der Waals surface area contributed by atoms with Gasteiger partial charge in [-0.3, -0.25) is 0 Å². The zero-order valence-electron chi connectivity index (χ0n) is 17.5. The minimum Gasteiger partial charge on any atom is -0.403 e. The van der Waals surface area contributed by atoms with Gasteiger partial charge in [0.15, 0.2) is 0 Å². The van der Waals surface area contributed by atoms with Gasteiger partial charge in [0.2, 0.25) is 0 Å². The van der Waals surface area contributed by atoms with Gasteiger partial charge in [0, 0.05) is 19.3 Å². The molecule has 1 fully saturated rings. The van der Waals surface area contributed by atoms with E-state index in [1.807, 2.05) is 6.07 Å². The number of aryl methyl sites for hydroxylation is 1. The summed E-state index contributed by atoms with van der Waals surface area (Å²) in [5.74, 6) is 1.25. The summed E-state index contributed by atoms with van der Waals surface area (Å²) in [7, 11) is 1.83. The van der Waals surface area contributed by atoms with Gasteiger partial charge in [-0.1, -0.05) is 42.5 Å². The fraction of sp³-hybridized carbons (Fsp3) is 0.435. The molecule has 0 amide bonds. The summed E-state index contributed by atoms with van der Waals surface area (Å²) in [5.41, 5.74) is 2.82. The number of para-hydroxylation sites is 2. The monoisotopic (exact) mass is 376 g/mol. The van der Waals surface area contributed by atoms with Crippen molar-refractivity contribution >= 4 is 18.2 Å². The average Bonchev–Trinajstić information content (AvgIpc) is 3.08. The average molecular weight is 376 g/mol. The van der Waals surface area contributed by atoms with Gasteiger partial charge in [-0.15, -0.1) is 0 Å². The third kappa shape index (κ3) is 3.49. The van der Waals surface area contributed by atoms with Crippen molar-refractivity contribution in [3.8, 4) is 0 Å². The normalized spacial score (nSPS) is 19.2. The van der Waals surface area contributed by atoms with E-state index in [4.69, 9.17) is 14.3 Å². The predicted octanol–water partition coefficient (Wildman–Crippen LogP) is 4.82. The lowest BCUT2D eigenvalue weighted by molar-refractivity contribution is 0.00578. The van der Waals surface area contributed by atoms with E-state index < -0.39 is 0 Å². The second kappa shape index (κ2) is 7.05. The van der Waals surface area contributed by atoms with Gasteiger partial charge < -0.3 is 13.9 Å². The van der Waals surface area contributed by atoms with Crippen LogP contribution in [-0.4, -0.2) is 27.9 Å². The Morgan fingerprint density at radius 1 is 0.893 bits per heavy atom. The molecule has 5 heteroatoms. The molecule has 0 saturated carbocycles. The quantitative estimate of drug-likeness (QED) is 0.599. The number of imidazole rings is 1. The largest absolute Gasteiger partial charge is 0.461 e. The smallest absolute Gasteiger partial charge is 0.403 e. The fourth-order valence-corrected chi connectivity index (χ4v) is 3.88. The summed E-state index contributed by atoms with van der Waals surface area (Å²) in [6.07, 6.45) is 1.69. The van der Waals surface area contributed by atoms with Crippen molar-refractivity contribution in [1.82, 2.24) is 9.55 Å². The molecule has 0 bridgehead atoms. The second-order valence-corrected chi connectivity index (χ2v) is 8.85. The van der Waals surface area contributed by atoms with Crippen molar-refractivity contribution in [1.29, 1.82) is 0 Å². The highest BCUT2D eigenvalue weighted by atomic mass is 16.7. The summed E-state index contributed by atoms with van der Waals surface area (Å²) in [6.45, 7) is 8.45. The molecular weight excluding hydrogens is 347 g/mol. The maximum Gasteiger partial charge on any atom is 0.461 e. The molecule has 28 heavy (non-hydrogen) atoms. The van der Waals surface area contributed by atoms with E-state index in [1.54, 1.807) is 0 Å². The highest BCUT2D eigenvalue weighted by molar-refractivity contribution is 6.47. The van der Waals surface area contributed by atoms with Crippen molar-refractivity contribution in [2.24, 2.45) is 7.05 Å². The number of rotatable bonds is 5. The first-order valence-electron chi connectivity index (χ1n) is 10.1. The van der Waals surface area contributed by atoms with Gasteiger partial charge in [-0.2, -0.15) is 0 Å². The molecule has 2 aromatic carbocycles. The first kappa shape index (κ1) is 19.2. The third-order valence-corrected chi connectivity index (χ3v) is 6.32. The van der Waals surface area contributed by atoms with E-state index in [-0.39, 0.29) is 24.1 Å². The van der Waals surface area contributed by atoms with Crippen LogP contribution < -0.4 is 0 Å². The fourth-order valence-electron chi connectivity index (χ4n) is 3.88. The zero-order valence-corrected chi connectivity index (χ0v) is 17.5. The molecule has 1 atom stereocenters. The molecule has 1 aliphatic rings. The lowest BCUT2D eigenvalue weighted by atomic mass is 9.67. The Morgan fingerprint density at radius 2 is 1.50 bits per heavy atom. The Balaban J connectivity index is 1.66. The van der Waals surface area contributed by atoms with Crippen LogP contribution in [0.4, 0.5) is 0 Å². The third-order valence-electron chi connectivity index (χ3n) is 6.32. The molecule has 146 valence electrons. The number of benzene rings is 2. The SMILES string of the molecule is Cn1c(CC(Cc2ccccc2)B2OC(C)(C)C(C)(C)O2)nc2ccccc21. The molecule has 4 rings (SSSR count). The number of hydrogen-bond donors (Lipinski definition) is 0. The van der Waals surface area contributed by atoms with Crippen LogP contribution in [0.25, 0.3) is 11.0 Å². The van der Waals surface area contributed by atoms with E-state index in [1.165, 1.54) is 5.56 Å². The van der Waals surface area contributed by atoms with Crippen LogP contribution in [0, 0.1) is 0 Å². The molecule has 0 radical (unpaired) electrons. The van der Waals surface area contributed by atoms with E-state index in [2.05, 4.69) is 87.8 Å². The van der Waals surface area contributed by atoms with Crippen molar-refractivity contribution in [3.05, 3.63) is 66.0 Å². The van der Waals surface area contributed by atoms with Crippen molar-refractivity contribution in [2.75, 3.05) is 0 Å². The van der Waals surface area contributed by atoms with E-state index in [0.717, 1.165) is 29.7 Å². The van der Waals surface area contributed by atoms with Crippen LogP contribution in [0.3, 0.4) is 0 Å². The molecule has 0 aliphatic carbocycles. The molecule has 1 aromatic heterocycles. The molecular formula is C23H29BN2O2. The standard InChI is InChI=1S/C23H29BN2O2/c1-22(2)23(3,4)28-24(27-22)18(15-17-11-7-6-8-12-17)16-21-25-19-13-9-10-14-20(19)26(21)5/h6-14,18H,15-16H2,1-5H3. The highest BCUT2D eigenvalue weighted by Gasteiger charge is 2.53. The Morgan fingerprint density at radius 3 is 2.14 bits per heavy atom. The molecule has 0 spiro atoms. The summed E-state index contributed by atoms with van der Waals surface area (Å²) in [5, 5.41) is 0. The number of hydrogen-bond acceptors (Lipinski definition) is 3. The molecule has 0 N–H and O–H groups in total. The summed E-state index contributed by atoms with van der Waals surface area (Å²) < 4.78 is 15.0. The molecule has 4 nitrogen and oxygen atoms in total. The van der Waals surface area contributed by atoms with Crippen LogP contribution >= 0.6 is 0 Å². The lowest BCUT2D eigenvalue weighted by Crippen LogP contribution is -2.41. The number of nitrogens with zero attached hydrogens (tertiary/aromatic N) is 2. The van der Waals surface area contributed by atoms with E-state index in [0.29, 0.717) is 0 Å². The van der Waals surface area contributed by atoms with Gasteiger partial charge >= 0.3 is 7.12 Å². The number of aromatic nitrogens is 2. The van der Waals surface area contributed by atoms with Gasteiger partial charge in [-0.25, -0.2) is 4.98 Å². The lowest BCUT2D eigenvalue weighted by Gasteiger charge is -2.32. The summed E-state index contributed by atoms with van der Waals surface area (Å²) >= 11 is 0. The highest BCUT2D eigenvalue weighted by Crippen LogP contribution is 2.41. The van der Waals surface area contributed by atoms with Gasteiger partial charge in [-0.05, 0) is 51.8 Å². The van der Waals surface area contributed by atoms with Crippen LogP contribution in [0.5, 0.6) is 0 Å². The Labute approximate surface area is 168 Å². The molecule has 2 heterocycles. The van der Waals surface area contributed by atoms with Crippen LogP contribution in [0.15, 0.2) is 54.6 Å². The molecule has 1 unspecified atom stereocenters. The first-order chi connectivity index (χ1) is 13.3. The molecule has 1 aliphatic heterocycles. The zero-order chi connectivity index (χ0) is 19.9. The second-order valence-electron chi connectivity index (χ2n) is 8.85. The topological polar surface area (TPSA) is 36.3 Å². The predicted molar refractivity (Wildman–Crippen MR) is 114 cm³/mol. The van der Waals surface area contributed by atoms with Crippen molar-refractivity contribution in [3.63, 3.8) is 0 Å². The van der Waals surface area contributed by atoms with E-state index in [9.17, 15) is 0 Å². The van der Waals surface area contributed by atoms with Crippen LogP contribution in [-0.2, 0) is 29.2 Å². The maximum atomic E-state index is 6.43. The molecule has 1 saturated heterocycles. The van der Waals surface area contributed by atoms with Gasteiger partial charge in [0.1, 0.15) is 5.82 Å². The van der Waals surface area contributed by atoms with Crippen LogP contribution in [0.1, 0.15) is 39.1 Å². The minimum atomic E-state index is -0.334. The number of fused-ring (bicyclic) bond motifs is 1. The Kier molecular flexibility index (Phi) is 4.84. The van der Waals surface area contributed by atoms with Crippen LogP contribution in [0.2, 0.25) is 5.82 Å². The molecule has 3 aromatic rings. The van der Waals surface area contributed by atoms with Crippen molar-refractivity contribution < 1.29 is 9.31 Å². The summed E-state index contributed by atoms with van der Waals surface area (Å²) in [4.78, 5) is 4.89. The summed E-state index contributed by atoms with van der Waals surface area (Å²) in [6, 6.07) is 18.9.